The molecule has 0 saturated carbocycles. The molecular formula is C18H27NO3. The van der Waals surface area contributed by atoms with E-state index in [2.05, 4.69) is 36.1 Å². The summed E-state index contributed by atoms with van der Waals surface area (Å²) in [7, 11) is 0. The molecule has 4 nitrogen and oxygen atoms in total. The van der Waals surface area contributed by atoms with E-state index < -0.39 is 0 Å². The van der Waals surface area contributed by atoms with Crippen LogP contribution in [-0.2, 0) is 14.2 Å². The Balaban J connectivity index is 1.43. The van der Waals surface area contributed by atoms with Crippen molar-refractivity contribution in [2.24, 2.45) is 0 Å². The van der Waals surface area contributed by atoms with Gasteiger partial charge in [0, 0.05) is 25.7 Å². The molecule has 0 aliphatic carbocycles. The Hall–Kier alpha value is -0.940. The fourth-order valence-electron chi connectivity index (χ4n) is 3.16. The van der Waals surface area contributed by atoms with E-state index in [1.807, 2.05) is 6.07 Å². The van der Waals surface area contributed by atoms with Gasteiger partial charge in [-0.15, -0.1) is 0 Å². The largest absolute Gasteiger partial charge is 0.377 e. The second-order valence-electron chi connectivity index (χ2n) is 6.29. The molecule has 0 unspecified atom stereocenters. The van der Waals surface area contributed by atoms with Crippen molar-refractivity contribution < 1.29 is 14.2 Å². The maximum atomic E-state index is 5.99. The molecule has 2 saturated heterocycles. The van der Waals surface area contributed by atoms with E-state index >= 15 is 0 Å². The van der Waals surface area contributed by atoms with Crippen LogP contribution in [0.1, 0.15) is 31.4 Å². The van der Waals surface area contributed by atoms with Crippen LogP contribution in [0.3, 0.4) is 0 Å². The standard InChI is InChI=1S/C18H27NO3/c1-15-13-22-18(16-6-3-2-4-7-16)12-19(15)9-11-20-14-17-8-5-10-21-17/h2-4,6-7,15,17-18H,5,8-14H2,1H3/t15-,17-,18-/m1/s1. The number of morpholine rings is 1. The molecule has 22 heavy (non-hydrogen) atoms. The van der Waals surface area contributed by atoms with Crippen LogP contribution < -0.4 is 0 Å². The molecule has 1 aromatic carbocycles. The summed E-state index contributed by atoms with van der Waals surface area (Å²) in [5.41, 5.74) is 1.26. The van der Waals surface area contributed by atoms with Gasteiger partial charge in [0.2, 0.25) is 0 Å². The van der Waals surface area contributed by atoms with Crippen molar-refractivity contribution in [1.82, 2.24) is 4.90 Å². The van der Waals surface area contributed by atoms with E-state index in [0.717, 1.165) is 45.9 Å². The maximum Gasteiger partial charge on any atom is 0.0952 e. The summed E-state index contributed by atoms with van der Waals surface area (Å²) in [6.07, 6.45) is 2.81. The third kappa shape index (κ3) is 4.29. The summed E-state index contributed by atoms with van der Waals surface area (Å²) in [5, 5.41) is 0. The van der Waals surface area contributed by atoms with Crippen molar-refractivity contribution in [2.75, 3.05) is 39.5 Å². The van der Waals surface area contributed by atoms with Gasteiger partial charge >= 0.3 is 0 Å². The summed E-state index contributed by atoms with van der Waals surface area (Å²) in [6, 6.07) is 10.9. The van der Waals surface area contributed by atoms with Crippen molar-refractivity contribution in [3.63, 3.8) is 0 Å². The Kier molecular flexibility index (Phi) is 5.84. The van der Waals surface area contributed by atoms with Crippen LogP contribution in [0.4, 0.5) is 0 Å². The molecule has 4 heteroatoms. The molecule has 2 heterocycles. The second kappa shape index (κ2) is 8.06. The number of benzene rings is 1. The Labute approximate surface area is 133 Å². The van der Waals surface area contributed by atoms with Crippen LogP contribution in [0.15, 0.2) is 30.3 Å². The minimum Gasteiger partial charge on any atom is -0.377 e. The van der Waals surface area contributed by atoms with E-state index in [9.17, 15) is 0 Å². The first-order valence-corrected chi connectivity index (χ1v) is 8.43. The van der Waals surface area contributed by atoms with E-state index in [1.54, 1.807) is 0 Å². The molecule has 0 N–H and O–H groups in total. The predicted molar refractivity (Wildman–Crippen MR) is 86.0 cm³/mol. The van der Waals surface area contributed by atoms with Crippen molar-refractivity contribution in [2.45, 2.75) is 38.0 Å². The average Bonchev–Trinajstić information content (AvgIpc) is 3.07. The Morgan fingerprint density at radius 2 is 2.09 bits per heavy atom. The number of nitrogens with zero attached hydrogens (tertiary/aromatic N) is 1. The monoisotopic (exact) mass is 305 g/mol. The van der Waals surface area contributed by atoms with Crippen LogP contribution in [0.5, 0.6) is 0 Å². The first kappa shape index (κ1) is 15.9. The Morgan fingerprint density at radius 3 is 2.86 bits per heavy atom. The lowest BCUT2D eigenvalue weighted by molar-refractivity contribution is -0.0702. The predicted octanol–water partition coefficient (Wildman–Crippen LogP) is 2.64. The highest BCUT2D eigenvalue weighted by Gasteiger charge is 2.26. The molecule has 122 valence electrons. The molecule has 2 fully saturated rings. The third-order valence-corrected chi connectivity index (χ3v) is 4.58. The van der Waals surface area contributed by atoms with Crippen molar-refractivity contribution in [1.29, 1.82) is 0 Å². The molecular weight excluding hydrogens is 278 g/mol. The molecule has 3 atom stereocenters. The van der Waals surface area contributed by atoms with Crippen molar-refractivity contribution in [3.8, 4) is 0 Å². The molecule has 0 bridgehead atoms. The minimum atomic E-state index is 0.176. The van der Waals surface area contributed by atoms with Gasteiger partial charge in [0.25, 0.3) is 0 Å². The van der Waals surface area contributed by atoms with Crippen LogP contribution >= 0.6 is 0 Å². The molecule has 2 aliphatic heterocycles. The Bertz CT molecular complexity index is 433. The average molecular weight is 305 g/mol. The molecule has 0 aromatic heterocycles. The van der Waals surface area contributed by atoms with Crippen LogP contribution in [0.25, 0.3) is 0 Å². The van der Waals surface area contributed by atoms with Gasteiger partial charge in [-0.2, -0.15) is 0 Å². The summed E-state index contributed by atoms with van der Waals surface area (Å²) in [4.78, 5) is 2.47. The highest BCUT2D eigenvalue weighted by Crippen LogP contribution is 2.24. The van der Waals surface area contributed by atoms with Gasteiger partial charge in [-0.05, 0) is 25.3 Å². The zero-order valence-corrected chi connectivity index (χ0v) is 13.4. The zero-order valence-electron chi connectivity index (χ0n) is 13.4. The van der Waals surface area contributed by atoms with Crippen LogP contribution in [0.2, 0.25) is 0 Å². The first-order valence-electron chi connectivity index (χ1n) is 8.43. The Morgan fingerprint density at radius 1 is 1.23 bits per heavy atom. The number of hydrogen-bond acceptors (Lipinski definition) is 4. The van der Waals surface area contributed by atoms with Gasteiger partial charge in [0.15, 0.2) is 0 Å². The highest BCUT2D eigenvalue weighted by atomic mass is 16.5. The van der Waals surface area contributed by atoms with E-state index in [1.165, 1.54) is 12.0 Å². The number of hydrogen-bond donors (Lipinski definition) is 0. The lowest BCUT2D eigenvalue weighted by Crippen LogP contribution is -2.46. The quantitative estimate of drug-likeness (QED) is 0.756. The van der Waals surface area contributed by atoms with E-state index in [-0.39, 0.29) is 6.10 Å². The van der Waals surface area contributed by atoms with Crippen LogP contribution in [0, 0.1) is 0 Å². The van der Waals surface area contributed by atoms with Gasteiger partial charge in [-0.25, -0.2) is 0 Å². The van der Waals surface area contributed by atoms with Crippen molar-refractivity contribution >= 4 is 0 Å². The molecule has 0 radical (unpaired) electrons. The topological polar surface area (TPSA) is 30.9 Å². The fourth-order valence-corrected chi connectivity index (χ4v) is 3.16. The second-order valence-corrected chi connectivity index (χ2v) is 6.29. The van der Waals surface area contributed by atoms with Gasteiger partial charge in [0.1, 0.15) is 0 Å². The smallest absolute Gasteiger partial charge is 0.0952 e. The molecule has 2 aliphatic rings. The number of rotatable bonds is 6. The normalized spacial score (nSPS) is 29.8. The number of ether oxygens (including phenoxy) is 3. The van der Waals surface area contributed by atoms with Gasteiger partial charge in [-0.1, -0.05) is 30.3 Å². The first-order chi connectivity index (χ1) is 10.8. The SMILES string of the molecule is C[C@@H]1CO[C@@H](c2ccccc2)CN1CCOC[C@H]1CCCO1. The summed E-state index contributed by atoms with van der Waals surface area (Å²) >= 11 is 0. The van der Waals surface area contributed by atoms with E-state index in [0.29, 0.717) is 12.1 Å². The van der Waals surface area contributed by atoms with E-state index in [4.69, 9.17) is 14.2 Å². The lowest BCUT2D eigenvalue weighted by Gasteiger charge is -2.38. The van der Waals surface area contributed by atoms with Gasteiger partial charge in [-0.3, -0.25) is 4.90 Å². The molecule has 0 spiro atoms. The summed E-state index contributed by atoms with van der Waals surface area (Å²) in [5.74, 6) is 0. The zero-order chi connectivity index (χ0) is 15.2. The van der Waals surface area contributed by atoms with Crippen molar-refractivity contribution in [3.05, 3.63) is 35.9 Å². The van der Waals surface area contributed by atoms with Gasteiger partial charge < -0.3 is 14.2 Å². The highest BCUT2D eigenvalue weighted by molar-refractivity contribution is 5.18. The maximum absolute atomic E-state index is 5.99. The fraction of sp³-hybridized carbons (Fsp3) is 0.667. The molecule has 0 amide bonds. The van der Waals surface area contributed by atoms with Gasteiger partial charge in [0.05, 0.1) is 32.0 Å². The molecule has 3 rings (SSSR count). The lowest BCUT2D eigenvalue weighted by atomic mass is 10.1. The minimum absolute atomic E-state index is 0.176. The summed E-state index contributed by atoms with van der Waals surface area (Å²) < 4.78 is 17.4. The molecule has 1 aromatic rings. The van der Waals surface area contributed by atoms with Crippen LogP contribution in [-0.4, -0.2) is 56.6 Å². The third-order valence-electron chi connectivity index (χ3n) is 4.58. The summed E-state index contributed by atoms with van der Waals surface area (Å²) in [6.45, 7) is 7.31.